The van der Waals surface area contributed by atoms with Gasteiger partial charge in [0.1, 0.15) is 5.75 Å². The normalized spacial score (nSPS) is 20.3. The van der Waals surface area contributed by atoms with Crippen molar-refractivity contribution in [2.75, 3.05) is 13.1 Å². The summed E-state index contributed by atoms with van der Waals surface area (Å²) in [6, 6.07) is 9.46. The fraction of sp³-hybridized carbons (Fsp3) is 0.667. The Morgan fingerprint density at radius 1 is 1.24 bits per heavy atom. The Bertz CT molecular complexity index is 410. The highest BCUT2D eigenvalue weighted by molar-refractivity contribution is 5.25. The van der Waals surface area contributed by atoms with Gasteiger partial charge in [0.25, 0.3) is 0 Å². The highest BCUT2D eigenvalue weighted by Gasteiger charge is 2.23. The van der Waals surface area contributed by atoms with Crippen LogP contribution in [0.25, 0.3) is 0 Å². The van der Waals surface area contributed by atoms with E-state index in [-0.39, 0.29) is 0 Å². The van der Waals surface area contributed by atoms with Gasteiger partial charge in [0.05, 0.1) is 0 Å². The number of nitrogens with one attached hydrogen (secondary N) is 1. The van der Waals surface area contributed by atoms with Crippen LogP contribution in [0.3, 0.4) is 0 Å². The van der Waals surface area contributed by atoms with E-state index in [4.69, 9.17) is 0 Å². The quantitative estimate of drug-likeness (QED) is 0.809. The summed E-state index contributed by atoms with van der Waals surface area (Å²) in [6.07, 6.45) is 4.87. The Balaban J connectivity index is 1.85. The summed E-state index contributed by atoms with van der Waals surface area (Å²) < 4.78 is 0. The summed E-state index contributed by atoms with van der Waals surface area (Å²) in [7, 11) is 0. The van der Waals surface area contributed by atoms with Crippen molar-refractivity contribution in [1.29, 1.82) is 0 Å². The highest BCUT2D eigenvalue weighted by atomic mass is 16.3. The van der Waals surface area contributed by atoms with Crippen molar-refractivity contribution in [3.63, 3.8) is 0 Å². The van der Waals surface area contributed by atoms with E-state index in [1.54, 1.807) is 12.1 Å². The molecular formula is C18H30N2O. The van der Waals surface area contributed by atoms with Crippen LogP contribution in [-0.4, -0.2) is 41.2 Å². The van der Waals surface area contributed by atoms with Gasteiger partial charge >= 0.3 is 0 Å². The summed E-state index contributed by atoms with van der Waals surface area (Å²) in [5, 5.41) is 12.9. The van der Waals surface area contributed by atoms with Gasteiger partial charge in [0.2, 0.25) is 0 Å². The summed E-state index contributed by atoms with van der Waals surface area (Å²) >= 11 is 0. The highest BCUT2D eigenvalue weighted by Crippen LogP contribution is 2.17. The van der Waals surface area contributed by atoms with Crippen molar-refractivity contribution in [2.45, 2.75) is 64.6 Å². The number of hydrogen-bond acceptors (Lipinski definition) is 3. The van der Waals surface area contributed by atoms with Crippen molar-refractivity contribution < 1.29 is 5.11 Å². The molecule has 0 saturated carbocycles. The lowest BCUT2D eigenvalue weighted by Gasteiger charge is -2.35. The number of benzene rings is 1. The van der Waals surface area contributed by atoms with E-state index in [1.807, 2.05) is 12.1 Å². The monoisotopic (exact) mass is 290 g/mol. The van der Waals surface area contributed by atoms with Crippen molar-refractivity contribution in [1.82, 2.24) is 10.2 Å². The number of aromatic hydroxyl groups is 1. The molecule has 2 atom stereocenters. The minimum absolute atomic E-state index is 0.350. The smallest absolute Gasteiger partial charge is 0.115 e. The average Bonchev–Trinajstić information content (AvgIpc) is 2.96. The first kappa shape index (κ1) is 16.3. The van der Waals surface area contributed by atoms with Crippen LogP contribution in [0.15, 0.2) is 24.3 Å². The number of aryl methyl sites for hydroxylation is 1. The molecule has 118 valence electrons. The van der Waals surface area contributed by atoms with Gasteiger partial charge in [0.15, 0.2) is 0 Å². The Morgan fingerprint density at radius 2 is 1.95 bits per heavy atom. The second-order valence-corrected chi connectivity index (χ2v) is 6.64. The molecule has 2 rings (SSSR count). The number of phenols is 1. The molecule has 1 aliphatic heterocycles. The van der Waals surface area contributed by atoms with Crippen molar-refractivity contribution in [2.24, 2.45) is 0 Å². The van der Waals surface area contributed by atoms with Gasteiger partial charge in [-0.2, -0.15) is 0 Å². The molecule has 0 radical (unpaired) electrons. The van der Waals surface area contributed by atoms with E-state index in [0.29, 0.717) is 23.9 Å². The number of hydrogen-bond donors (Lipinski definition) is 2. The molecule has 21 heavy (non-hydrogen) atoms. The molecule has 0 bridgehead atoms. The summed E-state index contributed by atoms with van der Waals surface area (Å²) in [5.41, 5.74) is 1.31. The Kier molecular flexibility index (Phi) is 6.07. The van der Waals surface area contributed by atoms with Crippen LogP contribution in [0.4, 0.5) is 0 Å². The van der Waals surface area contributed by atoms with Crippen molar-refractivity contribution in [3.8, 4) is 5.75 Å². The SMILES string of the molecule is CC(C)N(CC1CCCN1)C(C)CCc1ccc(O)cc1. The largest absolute Gasteiger partial charge is 0.508 e. The van der Waals surface area contributed by atoms with Gasteiger partial charge < -0.3 is 10.4 Å². The maximum atomic E-state index is 9.34. The molecule has 2 unspecified atom stereocenters. The predicted molar refractivity (Wildman–Crippen MR) is 88.8 cm³/mol. The first-order valence-corrected chi connectivity index (χ1v) is 8.33. The molecule has 1 fully saturated rings. The van der Waals surface area contributed by atoms with Gasteiger partial charge in [-0.1, -0.05) is 12.1 Å². The van der Waals surface area contributed by atoms with E-state index in [1.165, 1.54) is 24.9 Å². The molecule has 1 heterocycles. The minimum atomic E-state index is 0.350. The van der Waals surface area contributed by atoms with Crippen LogP contribution >= 0.6 is 0 Å². The second-order valence-electron chi connectivity index (χ2n) is 6.64. The Morgan fingerprint density at radius 3 is 2.52 bits per heavy atom. The maximum absolute atomic E-state index is 9.34. The maximum Gasteiger partial charge on any atom is 0.115 e. The van der Waals surface area contributed by atoms with E-state index in [2.05, 4.69) is 31.0 Å². The van der Waals surface area contributed by atoms with Crippen molar-refractivity contribution >= 4 is 0 Å². The first-order chi connectivity index (χ1) is 10.1. The van der Waals surface area contributed by atoms with Crippen LogP contribution in [0.5, 0.6) is 5.75 Å². The topological polar surface area (TPSA) is 35.5 Å². The molecule has 0 aliphatic carbocycles. The van der Waals surface area contributed by atoms with Crippen LogP contribution in [0.2, 0.25) is 0 Å². The summed E-state index contributed by atoms with van der Waals surface area (Å²) in [6.45, 7) is 9.28. The van der Waals surface area contributed by atoms with Crippen LogP contribution in [0, 0.1) is 0 Å². The van der Waals surface area contributed by atoms with Gasteiger partial charge in [0, 0.05) is 24.7 Å². The van der Waals surface area contributed by atoms with E-state index >= 15 is 0 Å². The first-order valence-electron chi connectivity index (χ1n) is 8.33. The van der Waals surface area contributed by atoms with E-state index in [9.17, 15) is 5.11 Å². The van der Waals surface area contributed by atoms with Gasteiger partial charge in [-0.3, -0.25) is 4.90 Å². The van der Waals surface area contributed by atoms with E-state index in [0.717, 1.165) is 19.4 Å². The Hall–Kier alpha value is -1.06. The third-order valence-electron chi connectivity index (χ3n) is 4.61. The molecule has 1 saturated heterocycles. The second kappa shape index (κ2) is 7.81. The number of nitrogens with zero attached hydrogens (tertiary/aromatic N) is 1. The number of rotatable bonds is 7. The van der Waals surface area contributed by atoms with Gasteiger partial charge in [-0.25, -0.2) is 0 Å². The summed E-state index contributed by atoms with van der Waals surface area (Å²) in [5.74, 6) is 0.350. The third kappa shape index (κ3) is 5.01. The predicted octanol–water partition coefficient (Wildman–Crippen LogP) is 3.18. The molecule has 0 aromatic heterocycles. The van der Waals surface area contributed by atoms with Crippen LogP contribution in [-0.2, 0) is 6.42 Å². The number of phenolic OH excluding ortho intramolecular Hbond substituents is 1. The third-order valence-corrected chi connectivity index (χ3v) is 4.61. The van der Waals surface area contributed by atoms with E-state index < -0.39 is 0 Å². The zero-order valence-corrected chi connectivity index (χ0v) is 13.7. The molecule has 3 nitrogen and oxygen atoms in total. The Labute approximate surface area is 129 Å². The molecule has 1 aliphatic rings. The standard InChI is InChI=1S/C18H30N2O/c1-14(2)20(13-17-5-4-12-19-17)15(3)6-7-16-8-10-18(21)11-9-16/h8-11,14-15,17,19,21H,4-7,12-13H2,1-3H3. The molecule has 2 N–H and O–H groups in total. The lowest BCUT2D eigenvalue weighted by atomic mass is 10.0. The van der Waals surface area contributed by atoms with Crippen LogP contribution in [0.1, 0.15) is 45.6 Å². The fourth-order valence-corrected chi connectivity index (χ4v) is 3.27. The summed E-state index contributed by atoms with van der Waals surface area (Å²) in [4.78, 5) is 2.63. The molecule has 0 amide bonds. The van der Waals surface area contributed by atoms with Crippen molar-refractivity contribution in [3.05, 3.63) is 29.8 Å². The van der Waals surface area contributed by atoms with Crippen LogP contribution < -0.4 is 5.32 Å². The van der Waals surface area contributed by atoms with Gasteiger partial charge in [-0.05, 0) is 70.7 Å². The van der Waals surface area contributed by atoms with Gasteiger partial charge in [-0.15, -0.1) is 0 Å². The minimum Gasteiger partial charge on any atom is -0.508 e. The zero-order valence-electron chi connectivity index (χ0n) is 13.7. The molecular weight excluding hydrogens is 260 g/mol. The lowest BCUT2D eigenvalue weighted by molar-refractivity contribution is 0.143. The zero-order chi connectivity index (χ0) is 15.2. The molecule has 1 aromatic carbocycles. The lowest BCUT2D eigenvalue weighted by Crippen LogP contribution is -2.46. The molecule has 0 spiro atoms. The molecule has 1 aromatic rings. The molecule has 3 heteroatoms. The average molecular weight is 290 g/mol. The fourth-order valence-electron chi connectivity index (χ4n) is 3.27.